The SMILES string of the molecule is CC[C@@H](C(=O)NC(C)C)N(Cc1ccccc1)C(=O)CN(c1ccc(F)cc1)S(=O)(=O)c1ccc2c(c1)OCCO2. The molecule has 1 atom stereocenters. The molecule has 0 aliphatic carbocycles. The molecule has 11 heteroatoms. The number of nitrogens with zero attached hydrogens (tertiary/aromatic N) is 2. The van der Waals surface area contributed by atoms with Crippen LogP contribution in [0, 0.1) is 5.82 Å². The van der Waals surface area contributed by atoms with Gasteiger partial charge in [-0.15, -0.1) is 0 Å². The van der Waals surface area contributed by atoms with E-state index in [1.807, 2.05) is 44.2 Å². The van der Waals surface area contributed by atoms with Gasteiger partial charge in [0.1, 0.15) is 31.6 Å². The van der Waals surface area contributed by atoms with Crippen molar-refractivity contribution in [1.29, 1.82) is 0 Å². The zero-order chi connectivity index (χ0) is 29.6. The Morgan fingerprint density at radius 1 is 0.951 bits per heavy atom. The molecule has 0 unspecified atom stereocenters. The van der Waals surface area contributed by atoms with Crippen LogP contribution in [0.5, 0.6) is 11.5 Å². The van der Waals surface area contributed by atoms with E-state index in [2.05, 4.69) is 5.32 Å². The second kappa shape index (κ2) is 13.0. The molecule has 0 spiro atoms. The van der Waals surface area contributed by atoms with E-state index in [1.54, 1.807) is 6.92 Å². The number of benzene rings is 3. The van der Waals surface area contributed by atoms with Crippen molar-refractivity contribution in [1.82, 2.24) is 10.2 Å². The van der Waals surface area contributed by atoms with Crippen LogP contribution >= 0.6 is 0 Å². The molecule has 41 heavy (non-hydrogen) atoms. The molecule has 0 saturated heterocycles. The maximum atomic E-state index is 14.0. The van der Waals surface area contributed by atoms with E-state index in [0.29, 0.717) is 18.8 Å². The highest BCUT2D eigenvalue weighted by molar-refractivity contribution is 7.92. The number of hydrogen-bond donors (Lipinski definition) is 1. The lowest BCUT2D eigenvalue weighted by Crippen LogP contribution is -2.53. The molecule has 2 amide bonds. The normalized spacial score (nSPS) is 13.4. The van der Waals surface area contributed by atoms with Crippen LogP contribution in [0.15, 0.2) is 77.7 Å². The Bertz CT molecular complexity index is 1470. The van der Waals surface area contributed by atoms with E-state index in [9.17, 15) is 22.4 Å². The van der Waals surface area contributed by atoms with Crippen molar-refractivity contribution >= 4 is 27.5 Å². The first-order valence-electron chi connectivity index (χ1n) is 13.4. The first-order valence-corrected chi connectivity index (χ1v) is 14.9. The minimum atomic E-state index is -4.35. The third-order valence-electron chi connectivity index (χ3n) is 6.51. The van der Waals surface area contributed by atoms with E-state index >= 15 is 0 Å². The van der Waals surface area contributed by atoms with Gasteiger partial charge in [0.05, 0.1) is 10.6 Å². The minimum absolute atomic E-state index is 0.0883. The predicted octanol–water partition coefficient (Wildman–Crippen LogP) is 4.12. The highest BCUT2D eigenvalue weighted by atomic mass is 32.2. The van der Waals surface area contributed by atoms with Gasteiger partial charge >= 0.3 is 0 Å². The Balaban J connectivity index is 1.74. The van der Waals surface area contributed by atoms with E-state index in [4.69, 9.17) is 9.47 Å². The lowest BCUT2D eigenvalue weighted by molar-refractivity contribution is -0.140. The van der Waals surface area contributed by atoms with Crippen LogP contribution in [-0.4, -0.2) is 57.0 Å². The quantitative estimate of drug-likeness (QED) is 0.364. The van der Waals surface area contributed by atoms with Crippen molar-refractivity contribution in [2.45, 2.75) is 50.7 Å². The number of hydrogen-bond acceptors (Lipinski definition) is 6. The fourth-order valence-corrected chi connectivity index (χ4v) is 5.96. The Morgan fingerprint density at radius 3 is 2.24 bits per heavy atom. The van der Waals surface area contributed by atoms with Gasteiger partial charge in [0, 0.05) is 18.7 Å². The second-order valence-electron chi connectivity index (χ2n) is 9.89. The smallest absolute Gasteiger partial charge is 0.264 e. The fraction of sp³-hybridized carbons (Fsp3) is 0.333. The summed E-state index contributed by atoms with van der Waals surface area (Å²) in [6, 6.07) is 17.2. The van der Waals surface area contributed by atoms with Crippen LogP contribution in [0.3, 0.4) is 0 Å². The summed E-state index contributed by atoms with van der Waals surface area (Å²) in [5.74, 6) is -0.806. The Morgan fingerprint density at radius 2 is 1.61 bits per heavy atom. The lowest BCUT2D eigenvalue weighted by atomic mass is 10.1. The third kappa shape index (κ3) is 7.15. The van der Waals surface area contributed by atoms with Gasteiger partial charge in [0.2, 0.25) is 11.8 Å². The summed E-state index contributed by atoms with van der Waals surface area (Å²) in [7, 11) is -4.35. The monoisotopic (exact) mass is 583 g/mol. The summed E-state index contributed by atoms with van der Waals surface area (Å²) in [6.45, 7) is 5.51. The second-order valence-corrected chi connectivity index (χ2v) is 11.8. The molecule has 1 heterocycles. The summed E-state index contributed by atoms with van der Waals surface area (Å²) in [5.41, 5.74) is 0.869. The zero-order valence-corrected chi connectivity index (χ0v) is 24.1. The topological polar surface area (TPSA) is 105 Å². The zero-order valence-electron chi connectivity index (χ0n) is 23.2. The van der Waals surface area contributed by atoms with Gasteiger partial charge in [-0.2, -0.15) is 0 Å². The van der Waals surface area contributed by atoms with Gasteiger partial charge in [-0.25, -0.2) is 12.8 Å². The minimum Gasteiger partial charge on any atom is -0.486 e. The number of amides is 2. The largest absolute Gasteiger partial charge is 0.486 e. The molecular weight excluding hydrogens is 549 g/mol. The molecule has 1 aliphatic rings. The van der Waals surface area contributed by atoms with Crippen LogP contribution < -0.4 is 19.1 Å². The van der Waals surface area contributed by atoms with Gasteiger partial charge < -0.3 is 19.7 Å². The number of nitrogens with one attached hydrogen (secondary N) is 1. The van der Waals surface area contributed by atoms with Crippen molar-refractivity contribution in [3.05, 3.63) is 84.2 Å². The van der Waals surface area contributed by atoms with Crippen LogP contribution in [0.2, 0.25) is 0 Å². The molecule has 4 rings (SSSR count). The average molecular weight is 584 g/mol. The van der Waals surface area contributed by atoms with Crippen LogP contribution in [0.4, 0.5) is 10.1 Å². The highest BCUT2D eigenvalue weighted by Gasteiger charge is 2.34. The Hall–Kier alpha value is -4.12. The van der Waals surface area contributed by atoms with Crippen LogP contribution in [0.1, 0.15) is 32.8 Å². The van der Waals surface area contributed by atoms with Crippen molar-refractivity contribution < 1.29 is 31.9 Å². The number of ether oxygens (including phenoxy) is 2. The summed E-state index contributed by atoms with van der Waals surface area (Å²) in [5, 5.41) is 2.86. The predicted molar refractivity (Wildman–Crippen MR) is 153 cm³/mol. The average Bonchev–Trinajstić information content (AvgIpc) is 2.96. The van der Waals surface area contributed by atoms with Gasteiger partial charge in [-0.3, -0.25) is 13.9 Å². The van der Waals surface area contributed by atoms with Crippen molar-refractivity contribution in [3.8, 4) is 11.5 Å². The number of carbonyl (C=O) groups is 2. The molecule has 218 valence electrons. The molecule has 0 fully saturated rings. The summed E-state index contributed by atoms with van der Waals surface area (Å²) in [6.07, 6.45) is 0.308. The number of rotatable bonds is 11. The molecule has 3 aromatic carbocycles. The first kappa shape index (κ1) is 29.9. The lowest BCUT2D eigenvalue weighted by Gasteiger charge is -2.33. The fourth-order valence-electron chi connectivity index (χ4n) is 4.53. The molecule has 3 aromatic rings. The van der Waals surface area contributed by atoms with Gasteiger partial charge in [0.25, 0.3) is 10.0 Å². The van der Waals surface area contributed by atoms with Crippen molar-refractivity contribution in [2.24, 2.45) is 0 Å². The number of carbonyl (C=O) groups excluding carboxylic acids is 2. The van der Waals surface area contributed by atoms with Crippen LogP contribution in [-0.2, 0) is 26.2 Å². The standard InChI is InChI=1S/C30H34FN3O6S/c1-4-26(30(36)32-21(2)3)33(19-22-8-6-5-7-9-22)29(35)20-34(24-12-10-23(31)11-13-24)41(37,38)25-14-15-27-28(18-25)40-17-16-39-27/h5-15,18,21,26H,4,16-17,19-20H2,1-3H3,(H,32,36)/t26-/m0/s1. The molecule has 1 N–H and O–H groups in total. The maximum Gasteiger partial charge on any atom is 0.264 e. The molecule has 0 saturated carbocycles. The van der Waals surface area contributed by atoms with Crippen molar-refractivity contribution in [3.63, 3.8) is 0 Å². The molecular formula is C30H34FN3O6S. The highest BCUT2D eigenvalue weighted by Crippen LogP contribution is 2.34. The molecule has 9 nitrogen and oxygen atoms in total. The summed E-state index contributed by atoms with van der Waals surface area (Å²) in [4.78, 5) is 28.5. The molecule has 0 bridgehead atoms. The summed E-state index contributed by atoms with van der Waals surface area (Å²) < 4.78 is 53.9. The van der Waals surface area contributed by atoms with E-state index in [-0.39, 0.29) is 41.4 Å². The van der Waals surface area contributed by atoms with Crippen LogP contribution in [0.25, 0.3) is 0 Å². The number of halogens is 1. The molecule has 0 radical (unpaired) electrons. The molecule has 0 aromatic heterocycles. The Labute approximate surface area is 239 Å². The number of sulfonamides is 1. The van der Waals surface area contributed by atoms with Gasteiger partial charge in [-0.05, 0) is 62.2 Å². The first-order chi connectivity index (χ1) is 19.6. The van der Waals surface area contributed by atoms with E-state index in [1.165, 1.54) is 35.2 Å². The summed E-state index contributed by atoms with van der Waals surface area (Å²) >= 11 is 0. The van der Waals surface area contributed by atoms with Gasteiger partial charge in [-0.1, -0.05) is 37.3 Å². The maximum absolute atomic E-state index is 14.0. The van der Waals surface area contributed by atoms with E-state index in [0.717, 1.165) is 22.0 Å². The van der Waals surface area contributed by atoms with Gasteiger partial charge in [0.15, 0.2) is 11.5 Å². The third-order valence-corrected chi connectivity index (χ3v) is 8.28. The van der Waals surface area contributed by atoms with Crippen molar-refractivity contribution in [2.75, 3.05) is 24.1 Å². The van der Waals surface area contributed by atoms with E-state index < -0.39 is 34.3 Å². The molecule has 1 aliphatic heterocycles. The Kier molecular flexibility index (Phi) is 9.49. The number of anilines is 1. The number of fused-ring (bicyclic) bond motifs is 1.